The molecule has 0 heterocycles. The minimum atomic E-state index is -1.23. The number of aliphatic hydroxyl groups is 1. The van der Waals surface area contributed by atoms with Crippen LogP contribution in [0.25, 0.3) is 0 Å². The molecule has 2 rings (SSSR count). The summed E-state index contributed by atoms with van der Waals surface area (Å²) >= 11 is 4.36. The third-order valence-corrected chi connectivity index (χ3v) is 3.15. The summed E-state index contributed by atoms with van der Waals surface area (Å²) in [4.78, 5) is -1.23. The monoisotopic (exact) mass is 230 g/mol. The van der Waals surface area contributed by atoms with Crippen LogP contribution in [-0.4, -0.2) is 5.11 Å². The van der Waals surface area contributed by atoms with Crippen molar-refractivity contribution in [3.05, 3.63) is 71.3 Å². The highest BCUT2D eigenvalue weighted by Gasteiger charge is 2.26. The molecule has 0 aliphatic carbocycles. The zero-order chi connectivity index (χ0) is 11.6. The summed E-state index contributed by atoms with van der Waals surface area (Å²) in [5, 5.41) is 10.4. The summed E-state index contributed by atoms with van der Waals surface area (Å²) in [5.74, 6) is 0. The van der Waals surface area contributed by atoms with Crippen LogP contribution in [0.1, 0.15) is 16.7 Å². The minimum absolute atomic E-state index is 0.780. The van der Waals surface area contributed by atoms with Gasteiger partial charge < -0.3 is 5.11 Å². The Labute approximate surface area is 101 Å². The van der Waals surface area contributed by atoms with Crippen molar-refractivity contribution < 1.29 is 5.11 Å². The van der Waals surface area contributed by atoms with Crippen LogP contribution in [0.5, 0.6) is 0 Å². The quantitative estimate of drug-likeness (QED) is 0.600. The van der Waals surface area contributed by atoms with Crippen molar-refractivity contribution in [2.75, 3.05) is 0 Å². The normalized spacial score (nSPS) is 14.4. The Morgan fingerprint density at radius 3 is 1.94 bits per heavy atom. The lowest BCUT2D eigenvalue weighted by molar-refractivity contribution is 0.184. The van der Waals surface area contributed by atoms with Gasteiger partial charge in [0.1, 0.15) is 0 Å². The van der Waals surface area contributed by atoms with Crippen LogP contribution >= 0.6 is 12.6 Å². The van der Waals surface area contributed by atoms with Crippen LogP contribution in [-0.2, 0) is 4.93 Å². The van der Waals surface area contributed by atoms with Crippen molar-refractivity contribution in [2.24, 2.45) is 0 Å². The van der Waals surface area contributed by atoms with Crippen LogP contribution in [0.2, 0.25) is 0 Å². The van der Waals surface area contributed by atoms with Crippen LogP contribution in [0.15, 0.2) is 54.6 Å². The zero-order valence-electron chi connectivity index (χ0n) is 9.09. The Morgan fingerprint density at radius 1 is 0.875 bits per heavy atom. The van der Waals surface area contributed by atoms with E-state index in [1.165, 1.54) is 5.56 Å². The average Bonchev–Trinajstić information content (AvgIpc) is 2.31. The van der Waals surface area contributed by atoms with Gasteiger partial charge in [0.2, 0.25) is 0 Å². The van der Waals surface area contributed by atoms with E-state index in [-0.39, 0.29) is 0 Å². The largest absolute Gasteiger partial charge is 0.371 e. The van der Waals surface area contributed by atoms with Crippen molar-refractivity contribution in [1.82, 2.24) is 0 Å². The molecule has 2 aromatic rings. The number of hydrogen-bond acceptors (Lipinski definition) is 2. The first-order valence-electron chi connectivity index (χ1n) is 5.18. The first kappa shape index (κ1) is 11.2. The molecule has 1 N–H and O–H groups in total. The lowest BCUT2D eigenvalue weighted by atomic mass is 10.00. The maximum Gasteiger partial charge on any atom is 0.159 e. The second kappa shape index (κ2) is 4.32. The summed E-state index contributed by atoms with van der Waals surface area (Å²) in [6, 6.07) is 17.2. The molecule has 0 fully saturated rings. The third-order valence-electron chi connectivity index (χ3n) is 2.63. The van der Waals surface area contributed by atoms with Gasteiger partial charge in [-0.15, -0.1) is 12.6 Å². The molecule has 16 heavy (non-hydrogen) atoms. The molecule has 2 aromatic carbocycles. The van der Waals surface area contributed by atoms with E-state index in [1.54, 1.807) is 0 Å². The van der Waals surface area contributed by atoms with Crippen LogP contribution in [0.3, 0.4) is 0 Å². The molecule has 0 aromatic heterocycles. The molecule has 0 saturated carbocycles. The van der Waals surface area contributed by atoms with Crippen LogP contribution in [0, 0.1) is 6.92 Å². The van der Waals surface area contributed by atoms with E-state index in [2.05, 4.69) is 12.6 Å². The minimum Gasteiger partial charge on any atom is -0.371 e. The Kier molecular flexibility index (Phi) is 3.03. The van der Waals surface area contributed by atoms with Gasteiger partial charge in [-0.25, -0.2) is 0 Å². The fraction of sp³-hybridized carbons (Fsp3) is 0.143. The van der Waals surface area contributed by atoms with E-state index in [4.69, 9.17) is 0 Å². The molecule has 0 aliphatic heterocycles. The summed E-state index contributed by atoms with van der Waals surface area (Å²) in [5.41, 5.74) is 2.73. The standard InChI is InChI=1S/C14H14OS/c1-11-7-9-13(10-8-11)14(15,16)12-5-3-2-4-6-12/h2-10,15-16H,1H3. The van der Waals surface area contributed by atoms with E-state index in [0.29, 0.717) is 0 Å². The van der Waals surface area contributed by atoms with Gasteiger partial charge in [-0.2, -0.15) is 0 Å². The molecule has 0 amide bonds. The van der Waals surface area contributed by atoms with Crippen LogP contribution < -0.4 is 0 Å². The van der Waals surface area contributed by atoms with E-state index in [0.717, 1.165) is 11.1 Å². The molecule has 0 aliphatic rings. The maximum atomic E-state index is 10.4. The summed E-state index contributed by atoms with van der Waals surface area (Å²) in [7, 11) is 0. The van der Waals surface area contributed by atoms with E-state index in [1.807, 2.05) is 61.5 Å². The Bertz CT molecular complexity index is 460. The molecule has 0 radical (unpaired) electrons. The SMILES string of the molecule is Cc1ccc(C(O)(S)c2ccccc2)cc1. The van der Waals surface area contributed by atoms with E-state index in [9.17, 15) is 5.11 Å². The first-order chi connectivity index (χ1) is 7.60. The van der Waals surface area contributed by atoms with Crippen molar-refractivity contribution >= 4 is 12.6 Å². The molecular formula is C14H14OS. The molecule has 2 heteroatoms. The number of hydrogen-bond donors (Lipinski definition) is 2. The fourth-order valence-corrected chi connectivity index (χ4v) is 1.92. The number of benzene rings is 2. The van der Waals surface area contributed by atoms with Gasteiger partial charge in [0.05, 0.1) is 0 Å². The molecule has 1 atom stereocenters. The second-order valence-corrected chi connectivity index (χ2v) is 4.55. The summed E-state index contributed by atoms with van der Waals surface area (Å²) in [6.07, 6.45) is 0. The number of rotatable bonds is 2. The average molecular weight is 230 g/mol. The molecule has 1 nitrogen and oxygen atoms in total. The van der Waals surface area contributed by atoms with Gasteiger partial charge in [0.25, 0.3) is 0 Å². The topological polar surface area (TPSA) is 20.2 Å². The van der Waals surface area contributed by atoms with Gasteiger partial charge >= 0.3 is 0 Å². The molecule has 1 unspecified atom stereocenters. The van der Waals surface area contributed by atoms with Gasteiger partial charge in [0.15, 0.2) is 4.93 Å². The Balaban J connectivity index is 2.43. The Hall–Kier alpha value is -1.25. The lowest BCUT2D eigenvalue weighted by Crippen LogP contribution is -2.19. The molecule has 82 valence electrons. The predicted octanol–water partition coefficient (Wildman–Crippen LogP) is 3.12. The lowest BCUT2D eigenvalue weighted by Gasteiger charge is -2.23. The van der Waals surface area contributed by atoms with Gasteiger partial charge in [0, 0.05) is 0 Å². The van der Waals surface area contributed by atoms with Crippen molar-refractivity contribution in [3.8, 4) is 0 Å². The summed E-state index contributed by atoms with van der Waals surface area (Å²) in [6.45, 7) is 2.02. The number of thiol groups is 1. The number of aryl methyl sites for hydroxylation is 1. The second-order valence-electron chi connectivity index (χ2n) is 3.90. The summed E-state index contributed by atoms with van der Waals surface area (Å²) < 4.78 is 0. The first-order valence-corrected chi connectivity index (χ1v) is 5.63. The van der Waals surface area contributed by atoms with Crippen molar-refractivity contribution in [3.63, 3.8) is 0 Å². The molecule has 0 bridgehead atoms. The highest BCUT2D eigenvalue weighted by molar-refractivity contribution is 7.81. The predicted molar refractivity (Wildman–Crippen MR) is 69.6 cm³/mol. The van der Waals surface area contributed by atoms with Gasteiger partial charge in [-0.3, -0.25) is 0 Å². The highest BCUT2D eigenvalue weighted by Crippen LogP contribution is 2.32. The zero-order valence-corrected chi connectivity index (χ0v) is 9.99. The van der Waals surface area contributed by atoms with E-state index >= 15 is 0 Å². The van der Waals surface area contributed by atoms with Crippen LogP contribution in [0.4, 0.5) is 0 Å². The van der Waals surface area contributed by atoms with Gasteiger partial charge in [-0.05, 0) is 18.1 Å². The molecular weight excluding hydrogens is 216 g/mol. The van der Waals surface area contributed by atoms with E-state index < -0.39 is 4.93 Å². The highest BCUT2D eigenvalue weighted by atomic mass is 32.1. The van der Waals surface area contributed by atoms with Crippen molar-refractivity contribution in [1.29, 1.82) is 0 Å². The Morgan fingerprint density at radius 2 is 1.38 bits per heavy atom. The smallest absolute Gasteiger partial charge is 0.159 e. The maximum absolute atomic E-state index is 10.4. The van der Waals surface area contributed by atoms with Crippen molar-refractivity contribution in [2.45, 2.75) is 11.9 Å². The fourth-order valence-electron chi connectivity index (χ4n) is 1.62. The molecule has 0 saturated heterocycles. The molecule has 0 spiro atoms. The third kappa shape index (κ3) is 2.13. The van der Waals surface area contributed by atoms with Gasteiger partial charge in [-0.1, -0.05) is 60.2 Å².